The first-order valence-corrected chi connectivity index (χ1v) is 8.23. The second kappa shape index (κ2) is 6.91. The third kappa shape index (κ3) is 3.27. The summed E-state index contributed by atoms with van der Waals surface area (Å²) in [5, 5.41) is 3.82. The van der Waals surface area contributed by atoms with Crippen molar-refractivity contribution in [2.24, 2.45) is 5.92 Å². The third-order valence-electron chi connectivity index (χ3n) is 4.92. The molecule has 1 saturated carbocycles. The Balaban J connectivity index is 1.98. The van der Waals surface area contributed by atoms with Gasteiger partial charge in [-0.1, -0.05) is 33.6 Å². The average Bonchev–Trinajstić information content (AvgIpc) is 2.86. The van der Waals surface area contributed by atoms with Crippen molar-refractivity contribution in [3.05, 3.63) is 0 Å². The minimum Gasteiger partial charge on any atom is -0.312 e. The second-order valence-corrected chi connectivity index (χ2v) is 6.60. The van der Waals surface area contributed by atoms with Crippen LogP contribution in [0.5, 0.6) is 0 Å². The molecule has 0 aromatic heterocycles. The summed E-state index contributed by atoms with van der Waals surface area (Å²) in [7, 11) is 0. The molecule has 1 aliphatic carbocycles. The molecule has 18 heavy (non-hydrogen) atoms. The fourth-order valence-corrected chi connectivity index (χ4v) is 4.02. The molecule has 0 aromatic rings. The maximum Gasteiger partial charge on any atom is 0.0252 e. The highest BCUT2D eigenvalue weighted by Crippen LogP contribution is 2.32. The molecule has 0 radical (unpaired) electrons. The molecule has 0 spiro atoms. The van der Waals surface area contributed by atoms with Gasteiger partial charge in [-0.25, -0.2) is 0 Å². The van der Waals surface area contributed by atoms with Crippen molar-refractivity contribution >= 4 is 0 Å². The van der Waals surface area contributed by atoms with Gasteiger partial charge in [0.2, 0.25) is 0 Å². The number of rotatable bonds is 5. The van der Waals surface area contributed by atoms with E-state index in [-0.39, 0.29) is 0 Å². The molecule has 2 heteroatoms. The number of nitrogens with zero attached hydrogens (tertiary/aromatic N) is 1. The molecule has 1 heterocycles. The minimum atomic E-state index is 0.762. The highest BCUT2D eigenvalue weighted by atomic mass is 15.2. The third-order valence-corrected chi connectivity index (χ3v) is 4.92. The molecular weight excluding hydrogens is 220 g/mol. The fraction of sp³-hybridized carbons (Fsp3) is 1.00. The van der Waals surface area contributed by atoms with Gasteiger partial charge in [-0.05, 0) is 51.1 Å². The molecule has 0 aromatic carbocycles. The topological polar surface area (TPSA) is 15.3 Å². The van der Waals surface area contributed by atoms with E-state index in [1.807, 2.05) is 0 Å². The quantitative estimate of drug-likeness (QED) is 0.806. The summed E-state index contributed by atoms with van der Waals surface area (Å²) >= 11 is 0. The van der Waals surface area contributed by atoms with E-state index < -0.39 is 0 Å². The van der Waals surface area contributed by atoms with Crippen LogP contribution < -0.4 is 5.32 Å². The van der Waals surface area contributed by atoms with Crippen LogP contribution in [0.4, 0.5) is 0 Å². The summed E-state index contributed by atoms with van der Waals surface area (Å²) in [5.74, 6) is 0.821. The summed E-state index contributed by atoms with van der Waals surface area (Å²) in [6.07, 6.45) is 9.79. The van der Waals surface area contributed by atoms with Crippen molar-refractivity contribution < 1.29 is 0 Å². The monoisotopic (exact) mass is 252 g/mol. The Labute approximate surface area is 114 Å². The Morgan fingerprint density at radius 2 is 1.89 bits per heavy atom. The van der Waals surface area contributed by atoms with Gasteiger partial charge in [0.25, 0.3) is 0 Å². The minimum absolute atomic E-state index is 0.762. The molecule has 1 N–H and O–H groups in total. The van der Waals surface area contributed by atoms with E-state index in [0.717, 1.165) is 24.0 Å². The molecule has 2 aliphatic rings. The van der Waals surface area contributed by atoms with Gasteiger partial charge in [0.1, 0.15) is 0 Å². The van der Waals surface area contributed by atoms with Crippen LogP contribution in [0.25, 0.3) is 0 Å². The normalized spacial score (nSPS) is 34.3. The van der Waals surface area contributed by atoms with Gasteiger partial charge in [-0.3, -0.25) is 4.90 Å². The lowest BCUT2D eigenvalue weighted by atomic mass is 9.87. The maximum atomic E-state index is 3.82. The zero-order valence-electron chi connectivity index (χ0n) is 12.6. The lowest BCUT2D eigenvalue weighted by Gasteiger charge is -2.42. The molecule has 0 amide bonds. The van der Waals surface area contributed by atoms with Crippen molar-refractivity contribution in [1.82, 2.24) is 10.2 Å². The van der Waals surface area contributed by atoms with Crippen molar-refractivity contribution in [2.45, 2.75) is 83.8 Å². The molecule has 0 bridgehead atoms. The zero-order chi connectivity index (χ0) is 13.0. The molecule has 2 fully saturated rings. The zero-order valence-corrected chi connectivity index (χ0v) is 12.6. The van der Waals surface area contributed by atoms with E-state index in [2.05, 4.69) is 31.0 Å². The van der Waals surface area contributed by atoms with Crippen molar-refractivity contribution in [2.75, 3.05) is 13.1 Å². The van der Waals surface area contributed by atoms with Crippen LogP contribution in [0.3, 0.4) is 0 Å². The van der Waals surface area contributed by atoms with E-state index in [9.17, 15) is 0 Å². The highest BCUT2D eigenvalue weighted by molar-refractivity contribution is 4.94. The van der Waals surface area contributed by atoms with Gasteiger partial charge in [0.05, 0.1) is 0 Å². The van der Waals surface area contributed by atoms with Gasteiger partial charge in [0.15, 0.2) is 0 Å². The Bertz CT molecular complexity index is 239. The van der Waals surface area contributed by atoms with Gasteiger partial charge < -0.3 is 5.32 Å². The Morgan fingerprint density at radius 3 is 2.61 bits per heavy atom. The Hall–Kier alpha value is -0.0800. The van der Waals surface area contributed by atoms with Crippen LogP contribution in [0.2, 0.25) is 0 Å². The first-order valence-electron chi connectivity index (χ1n) is 8.23. The number of likely N-dealkylation sites (tertiary alicyclic amines) is 1. The first kappa shape index (κ1) is 14.3. The largest absolute Gasteiger partial charge is 0.312 e. The highest BCUT2D eigenvalue weighted by Gasteiger charge is 2.37. The lowest BCUT2D eigenvalue weighted by Crippen LogP contribution is -2.54. The van der Waals surface area contributed by atoms with E-state index in [4.69, 9.17) is 0 Å². The lowest BCUT2D eigenvalue weighted by molar-refractivity contribution is 0.0893. The molecule has 1 aliphatic heterocycles. The van der Waals surface area contributed by atoms with Crippen LogP contribution in [0.1, 0.15) is 65.7 Å². The van der Waals surface area contributed by atoms with E-state index in [1.165, 1.54) is 58.0 Å². The van der Waals surface area contributed by atoms with Gasteiger partial charge in [0, 0.05) is 18.1 Å². The summed E-state index contributed by atoms with van der Waals surface area (Å²) in [5.41, 5.74) is 0. The summed E-state index contributed by atoms with van der Waals surface area (Å²) in [4.78, 5) is 2.86. The van der Waals surface area contributed by atoms with E-state index >= 15 is 0 Å². The fourth-order valence-electron chi connectivity index (χ4n) is 4.02. The summed E-state index contributed by atoms with van der Waals surface area (Å²) < 4.78 is 0. The molecule has 1 saturated heterocycles. The van der Waals surface area contributed by atoms with Gasteiger partial charge >= 0.3 is 0 Å². The van der Waals surface area contributed by atoms with E-state index in [1.54, 1.807) is 0 Å². The average molecular weight is 252 g/mol. The molecule has 3 atom stereocenters. The van der Waals surface area contributed by atoms with Crippen LogP contribution in [0, 0.1) is 5.92 Å². The van der Waals surface area contributed by atoms with Crippen molar-refractivity contribution in [3.8, 4) is 0 Å². The molecular formula is C16H32N2. The van der Waals surface area contributed by atoms with Gasteiger partial charge in [-0.15, -0.1) is 0 Å². The standard InChI is InChI=1S/C16H32N2/c1-4-11-17-14-8-5-6-9-16(14)18-12-7-10-15(18)13(2)3/h13-17H,4-12H2,1-3H3. The van der Waals surface area contributed by atoms with Crippen LogP contribution in [-0.4, -0.2) is 36.1 Å². The van der Waals surface area contributed by atoms with Crippen LogP contribution in [0.15, 0.2) is 0 Å². The van der Waals surface area contributed by atoms with Crippen LogP contribution in [-0.2, 0) is 0 Å². The predicted octanol–water partition coefficient (Wildman–Crippen LogP) is 3.42. The number of hydrogen-bond donors (Lipinski definition) is 1. The Kier molecular flexibility index (Phi) is 5.50. The smallest absolute Gasteiger partial charge is 0.0252 e. The summed E-state index contributed by atoms with van der Waals surface area (Å²) in [6.45, 7) is 9.62. The molecule has 2 nitrogen and oxygen atoms in total. The van der Waals surface area contributed by atoms with Gasteiger partial charge in [-0.2, -0.15) is 0 Å². The first-order chi connectivity index (χ1) is 8.74. The number of hydrogen-bond acceptors (Lipinski definition) is 2. The predicted molar refractivity (Wildman–Crippen MR) is 78.9 cm³/mol. The van der Waals surface area contributed by atoms with E-state index in [0.29, 0.717) is 0 Å². The SMILES string of the molecule is CCCNC1CCCCC1N1CCCC1C(C)C. The van der Waals surface area contributed by atoms with Crippen LogP contribution >= 0.6 is 0 Å². The van der Waals surface area contributed by atoms with Crippen molar-refractivity contribution in [3.63, 3.8) is 0 Å². The molecule has 106 valence electrons. The molecule has 2 rings (SSSR count). The second-order valence-electron chi connectivity index (χ2n) is 6.60. The maximum absolute atomic E-state index is 3.82. The number of nitrogens with one attached hydrogen (secondary N) is 1. The Morgan fingerprint density at radius 1 is 1.11 bits per heavy atom. The summed E-state index contributed by atoms with van der Waals surface area (Å²) in [6, 6.07) is 2.43. The van der Waals surface area contributed by atoms with Crippen molar-refractivity contribution in [1.29, 1.82) is 0 Å². The molecule has 3 unspecified atom stereocenters.